The molecule has 1 heterocycles. The van der Waals surface area contributed by atoms with Crippen molar-refractivity contribution in [1.82, 2.24) is 5.32 Å². The highest BCUT2D eigenvalue weighted by Gasteiger charge is 2.24. The number of carbonyl (C=O) groups is 2. The molecule has 0 spiro atoms. The molecule has 1 aliphatic rings. The Balaban J connectivity index is 1.78. The lowest BCUT2D eigenvalue weighted by Gasteiger charge is -2.32. The Morgan fingerprint density at radius 3 is 2.71 bits per heavy atom. The van der Waals surface area contributed by atoms with Crippen LogP contribution in [0.4, 0.5) is 20.2 Å². The van der Waals surface area contributed by atoms with Crippen molar-refractivity contribution >= 4 is 23.2 Å². The van der Waals surface area contributed by atoms with Crippen molar-refractivity contribution in [2.45, 2.75) is 32.7 Å². The molecule has 0 unspecified atom stereocenters. The van der Waals surface area contributed by atoms with E-state index in [4.69, 9.17) is 0 Å². The summed E-state index contributed by atoms with van der Waals surface area (Å²) in [5.74, 6) is -1.91. The van der Waals surface area contributed by atoms with E-state index in [-0.39, 0.29) is 24.2 Å². The normalized spacial score (nSPS) is 13.2. The highest BCUT2D eigenvalue weighted by atomic mass is 19.1. The molecule has 3 rings (SSSR count). The third-order valence-corrected chi connectivity index (χ3v) is 4.55. The Morgan fingerprint density at radius 2 is 1.96 bits per heavy atom. The predicted octanol–water partition coefficient (Wildman–Crippen LogP) is 3.49. The summed E-state index contributed by atoms with van der Waals surface area (Å²) in [6.07, 6.45) is 1.54. The quantitative estimate of drug-likeness (QED) is 0.826. The summed E-state index contributed by atoms with van der Waals surface area (Å²) in [7, 11) is 0. The van der Waals surface area contributed by atoms with E-state index in [1.807, 2.05) is 24.8 Å². The van der Waals surface area contributed by atoms with Gasteiger partial charge in [0.05, 0.1) is 12.2 Å². The van der Waals surface area contributed by atoms with Crippen molar-refractivity contribution in [3.8, 4) is 0 Å². The number of halogens is 2. The summed E-state index contributed by atoms with van der Waals surface area (Å²) in [6.45, 7) is 4.42. The largest absolute Gasteiger partial charge is 0.362 e. The summed E-state index contributed by atoms with van der Waals surface area (Å²) >= 11 is 0. The zero-order valence-electron chi connectivity index (χ0n) is 15.9. The van der Waals surface area contributed by atoms with Crippen LogP contribution in [0.15, 0.2) is 36.4 Å². The van der Waals surface area contributed by atoms with Gasteiger partial charge in [0.25, 0.3) is 5.91 Å². The van der Waals surface area contributed by atoms with Gasteiger partial charge in [0.1, 0.15) is 11.6 Å². The molecule has 0 fully saturated rings. The molecular weight excluding hydrogens is 364 g/mol. The number of anilines is 2. The first-order chi connectivity index (χ1) is 13.3. The van der Waals surface area contributed by atoms with E-state index >= 15 is 0 Å². The Hall–Kier alpha value is -2.96. The van der Waals surface area contributed by atoms with Gasteiger partial charge in [0.2, 0.25) is 5.91 Å². The number of fused-ring (bicyclic) bond motifs is 1. The van der Waals surface area contributed by atoms with Crippen LogP contribution in [0.5, 0.6) is 0 Å². The molecule has 0 saturated heterocycles. The molecule has 0 atom stereocenters. The highest BCUT2D eigenvalue weighted by Crippen LogP contribution is 2.30. The van der Waals surface area contributed by atoms with Crippen LogP contribution in [0.3, 0.4) is 0 Å². The second-order valence-electron chi connectivity index (χ2n) is 7.13. The number of rotatable bonds is 5. The molecule has 148 valence electrons. The third kappa shape index (κ3) is 4.47. The minimum absolute atomic E-state index is 0.0157. The van der Waals surface area contributed by atoms with E-state index < -0.39 is 17.5 Å². The van der Waals surface area contributed by atoms with Crippen LogP contribution in [0.25, 0.3) is 0 Å². The first-order valence-electron chi connectivity index (χ1n) is 9.27. The standard InChI is InChI=1S/C21H23F2N3O2/c1-13(2)24-21(28)16-5-3-7-19-15(16)6-4-10-26(19)12-20(27)25-18-11-14(22)8-9-17(18)23/h3,5,7-9,11,13H,4,6,10,12H2,1-2H3,(H,24,28)(H,25,27). The fourth-order valence-corrected chi connectivity index (χ4v) is 3.37. The van der Waals surface area contributed by atoms with Crippen LogP contribution in [0.1, 0.15) is 36.2 Å². The van der Waals surface area contributed by atoms with E-state index in [0.717, 1.165) is 42.3 Å². The van der Waals surface area contributed by atoms with Crippen LogP contribution in [0.2, 0.25) is 0 Å². The molecule has 1 aliphatic heterocycles. The average molecular weight is 387 g/mol. The number of nitrogens with one attached hydrogen (secondary N) is 2. The van der Waals surface area contributed by atoms with Crippen LogP contribution in [-0.2, 0) is 11.2 Å². The van der Waals surface area contributed by atoms with Crippen LogP contribution >= 0.6 is 0 Å². The summed E-state index contributed by atoms with van der Waals surface area (Å²) < 4.78 is 27.1. The zero-order chi connectivity index (χ0) is 20.3. The Kier molecular flexibility index (Phi) is 5.92. The SMILES string of the molecule is CC(C)NC(=O)c1cccc2c1CCCN2CC(=O)Nc1cc(F)ccc1F. The maximum Gasteiger partial charge on any atom is 0.251 e. The maximum absolute atomic E-state index is 13.8. The molecule has 28 heavy (non-hydrogen) atoms. The van der Waals surface area contributed by atoms with Gasteiger partial charge < -0.3 is 15.5 Å². The molecule has 2 aromatic rings. The molecule has 0 aliphatic carbocycles. The van der Waals surface area contributed by atoms with Crippen molar-refractivity contribution < 1.29 is 18.4 Å². The lowest BCUT2D eigenvalue weighted by Crippen LogP contribution is -2.38. The van der Waals surface area contributed by atoms with Crippen molar-refractivity contribution in [3.63, 3.8) is 0 Å². The van der Waals surface area contributed by atoms with Crippen molar-refractivity contribution in [3.05, 3.63) is 59.2 Å². The number of nitrogens with zero attached hydrogens (tertiary/aromatic N) is 1. The molecule has 5 nitrogen and oxygen atoms in total. The molecule has 2 amide bonds. The maximum atomic E-state index is 13.8. The molecule has 2 aromatic carbocycles. The summed E-state index contributed by atoms with van der Waals surface area (Å²) in [5.41, 5.74) is 2.13. The van der Waals surface area contributed by atoms with E-state index in [0.29, 0.717) is 12.1 Å². The summed E-state index contributed by atoms with van der Waals surface area (Å²) in [6, 6.07) is 8.38. The lowest BCUT2D eigenvalue weighted by molar-refractivity contribution is -0.115. The van der Waals surface area contributed by atoms with Crippen LogP contribution in [0, 0.1) is 11.6 Å². The molecule has 0 aromatic heterocycles. The lowest BCUT2D eigenvalue weighted by atomic mass is 9.95. The van der Waals surface area contributed by atoms with Gasteiger partial charge >= 0.3 is 0 Å². The molecule has 2 N–H and O–H groups in total. The number of hydrogen-bond acceptors (Lipinski definition) is 3. The Morgan fingerprint density at radius 1 is 1.18 bits per heavy atom. The summed E-state index contributed by atoms with van der Waals surface area (Å²) in [4.78, 5) is 26.7. The Bertz CT molecular complexity index is 899. The van der Waals surface area contributed by atoms with Gasteiger partial charge in [-0.25, -0.2) is 8.78 Å². The second kappa shape index (κ2) is 8.37. The van der Waals surface area contributed by atoms with E-state index in [1.165, 1.54) is 0 Å². The smallest absolute Gasteiger partial charge is 0.251 e. The first-order valence-corrected chi connectivity index (χ1v) is 9.27. The van der Waals surface area contributed by atoms with Gasteiger partial charge in [-0.05, 0) is 56.5 Å². The number of benzene rings is 2. The number of amides is 2. The molecule has 7 heteroatoms. The highest BCUT2D eigenvalue weighted by molar-refractivity contribution is 5.98. The van der Waals surface area contributed by atoms with Gasteiger partial charge in [-0.2, -0.15) is 0 Å². The number of hydrogen-bond donors (Lipinski definition) is 2. The fourth-order valence-electron chi connectivity index (χ4n) is 3.37. The first kappa shape index (κ1) is 19.8. The monoisotopic (exact) mass is 387 g/mol. The van der Waals surface area contributed by atoms with Gasteiger partial charge in [-0.15, -0.1) is 0 Å². The minimum Gasteiger partial charge on any atom is -0.362 e. The minimum atomic E-state index is -0.693. The van der Waals surface area contributed by atoms with E-state index in [1.54, 1.807) is 12.1 Å². The van der Waals surface area contributed by atoms with Crippen molar-refractivity contribution in [1.29, 1.82) is 0 Å². The van der Waals surface area contributed by atoms with Gasteiger partial charge in [-0.3, -0.25) is 9.59 Å². The number of carbonyl (C=O) groups excluding carboxylic acids is 2. The van der Waals surface area contributed by atoms with Gasteiger partial charge in [0, 0.05) is 29.9 Å². The van der Waals surface area contributed by atoms with E-state index in [2.05, 4.69) is 10.6 Å². The molecule has 0 radical (unpaired) electrons. The molecular formula is C21H23F2N3O2. The predicted molar refractivity (Wildman–Crippen MR) is 105 cm³/mol. The topological polar surface area (TPSA) is 61.4 Å². The molecule has 0 bridgehead atoms. The van der Waals surface area contributed by atoms with Crippen LogP contribution < -0.4 is 15.5 Å². The summed E-state index contributed by atoms with van der Waals surface area (Å²) in [5, 5.41) is 5.31. The van der Waals surface area contributed by atoms with Gasteiger partial charge in [-0.1, -0.05) is 6.07 Å². The van der Waals surface area contributed by atoms with Gasteiger partial charge in [0.15, 0.2) is 0 Å². The third-order valence-electron chi connectivity index (χ3n) is 4.55. The Labute approximate surface area is 162 Å². The fraction of sp³-hybridized carbons (Fsp3) is 0.333. The second-order valence-corrected chi connectivity index (χ2v) is 7.13. The van der Waals surface area contributed by atoms with Crippen molar-refractivity contribution in [2.24, 2.45) is 0 Å². The van der Waals surface area contributed by atoms with Crippen LogP contribution in [-0.4, -0.2) is 30.9 Å². The average Bonchev–Trinajstić information content (AvgIpc) is 2.64. The van der Waals surface area contributed by atoms with Crippen molar-refractivity contribution in [2.75, 3.05) is 23.3 Å². The van der Waals surface area contributed by atoms with E-state index in [9.17, 15) is 18.4 Å². The molecule has 0 saturated carbocycles. The zero-order valence-corrected chi connectivity index (χ0v) is 15.9.